The number of carbonyl (C=O) groups is 2. The van der Waals surface area contributed by atoms with Gasteiger partial charge in [0.2, 0.25) is 5.91 Å². The number of nitrogen functional groups attached to an aromatic ring is 1. The normalized spacial score (nSPS) is 9.89. The summed E-state index contributed by atoms with van der Waals surface area (Å²) >= 11 is 5.73. The highest BCUT2D eigenvalue weighted by molar-refractivity contribution is 6.31. The van der Waals surface area contributed by atoms with E-state index in [2.05, 4.69) is 10.6 Å². The summed E-state index contributed by atoms with van der Waals surface area (Å²) in [6.07, 6.45) is 0.851. The van der Waals surface area contributed by atoms with E-state index in [-0.39, 0.29) is 18.1 Å². The predicted octanol–water partition coefficient (Wildman–Crippen LogP) is 1.18. The van der Waals surface area contributed by atoms with Gasteiger partial charge in [0.05, 0.1) is 12.1 Å². The van der Waals surface area contributed by atoms with Crippen LogP contribution in [0, 0.1) is 0 Å². The molecule has 1 rings (SSSR count). The van der Waals surface area contributed by atoms with Crippen LogP contribution in [-0.2, 0) is 4.79 Å². The number of amides is 2. The number of carbonyl (C=O) groups excluding carboxylic acids is 2. The molecule has 0 saturated heterocycles. The lowest BCUT2D eigenvalue weighted by Gasteiger charge is -2.08. The van der Waals surface area contributed by atoms with E-state index in [1.807, 2.05) is 6.92 Å². The van der Waals surface area contributed by atoms with Gasteiger partial charge < -0.3 is 16.4 Å². The largest absolute Gasteiger partial charge is 0.398 e. The Labute approximate surface area is 111 Å². The fourth-order valence-electron chi connectivity index (χ4n) is 1.32. The van der Waals surface area contributed by atoms with Crippen molar-refractivity contribution < 1.29 is 9.59 Å². The number of hydrogen-bond donors (Lipinski definition) is 3. The average molecular weight is 270 g/mol. The first-order chi connectivity index (χ1) is 8.54. The zero-order chi connectivity index (χ0) is 13.5. The summed E-state index contributed by atoms with van der Waals surface area (Å²) in [6.45, 7) is 2.48. The molecule has 4 N–H and O–H groups in total. The van der Waals surface area contributed by atoms with Crippen molar-refractivity contribution in [3.63, 3.8) is 0 Å². The Balaban J connectivity index is 2.53. The molecule has 5 nitrogen and oxygen atoms in total. The maximum atomic E-state index is 11.7. The molecule has 0 radical (unpaired) electrons. The molecule has 0 bridgehead atoms. The third-order valence-corrected chi connectivity index (χ3v) is 2.48. The molecule has 0 saturated carbocycles. The number of hydrogen-bond acceptors (Lipinski definition) is 3. The molecule has 0 spiro atoms. The lowest BCUT2D eigenvalue weighted by molar-refractivity contribution is -0.120. The summed E-state index contributed by atoms with van der Waals surface area (Å²) in [5.74, 6) is -0.617. The summed E-state index contributed by atoms with van der Waals surface area (Å²) in [4.78, 5) is 23.0. The number of nitrogens with one attached hydrogen (secondary N) is 2. The highest BCUT2D eigenvalue weighted by Gasteiger charge is 2.10. The van der Waals surface area contributed by atoms with Crippen LogP contribution in [0.1, 0.15) is 23.7 Å². The second-order valence-corrected chi connectivity index (χ2v) is 4.20. The maximum absolute atomic E-state index is 11.7. The van der Waals surface area contributed by atoms with Crippen LogP contribution in [0.25, 0.3) is 0 Å². The molecule has 0 unspecified atom stereocenters. The van der Waals surface area contributed by atoms with Gasteiger partial charge in [-0.15, -0.1) is 0 Å². The van der Waals surface area contributed by atoms with Crippen LogP contribution in [0.2, 0.25) is 5.02 Å². The second kappa shape index (κ2) is 6.86. The Morgan fingerprint density at radius 2 is 2.06 bits per heavy atom. The molecule has 0 aliphatic heterocycles. The Kier molecular flexibility index (Phi) is 5.45. The predicted molar refractivity (Wildman–Crippen MR) is 71.5 cm³/mol. The quantitative estimate of drug-likeness (QED) is 0.702. The van der Waals surface area contributed by atoms with E-state index >= 15 is 0 Å². The Bertz CT molecular complexity index is 449. The van der Waals surface area contributed by atoms with Crippen LogP contribution in [0.4, 0.5) is 5.69 Å². The first-order valence-corrected chi connectivity index (χ1v) is 6.02. The zero-order valence-electron chi connectivity index (χ0n) is 10.1. The van der Waals surface area contributed by atoms with E-state index in [0.717, 1.165) is 6.42 Å². The van der Waals surface area contributed by atoms with Crippen LogP contribution in [0.5, 0.6) is 0 Å². The molecular weight excluding hydrogens is 254 g/mol. The van der Waals surface area contributed by atoms with Gasteiger partial charge in [-0.1, -0.05) is 18.5 Å². The standard InChI is InChI=1S/C12H16ClN3O2/c1-2-5-15-11(17)7-16-12(18)9-4-3-8(13)6-10(9)14/h3-4,6H,2,5,7,14H2,1H3,(H,15,17)(H,16,18). The van der Waals surface area contributed by atoms with Crippen molar-refractivity contribution in [3.05, 3.63) is 28.8 Å². The molecule has 2 amide bonds. The molecule has 1 aromatic rings. The van der Waals surface area contributed by atoms with Gasteiger partial charge in [0.25, 0.3) is 5.91 Å². The minimum atomic E-state index is -0.393. The maximum Gasteiger partial charge on any atom is 0.253 e. The zero-order valence-corrected chi connectivity index (χ0v) is 10.9. The molecule has 0 atom stereocenters. The van der Waals surface area contributed by atoms with E-state index in [1.165, 1.54) is 12.1 Å². The van der Waals surface area contributed by atoms with Crippen molar-refractivity contribution in [1.82, 2.24) is 10.6 Å². The van der Waals surface area contributed by atoms with Crippen molar-refractivity contribution in [2.75, 3.05) is 18.8 Å². The fourth-order valence-corrected chi connectivity index (χ4v) is 1.50. The molecule has 18 heavy (non-hydrogen) atoms. The van der Waals surface area contributed by atoms with Crippen LogP contribution in [0.3, 0.4) is 0 Å². The number of anilines is 1. The first kappa shape index (κ1) is 14.3. The SMILES string of the molecule is CCCNC(=O)CNC(=O)c1ccc(Cl)cc1N. The van der Waals surface area contributed by atoms with Crippen LogP contribution >= 0.6 is 11.6 Å². The van der Waals surface area contributed by atoms with E-state index in [0.29, 0.717) is 17.1 Å². The molecule has 0 heterocycles. The minimum Gasteiger partial charge on any atom is -0.398 e. The van der Waals surface area contributed by atoms with Crippen molar-refractivity contribution >= 4 is 29.1 Å². The molecule has 1 aromatic carbocycles. The van der Waals surface area contributed by atoms with E-state index in [4.69, 9.17) is 17.3 Å². The lowest BCUT2D eigenvalue weighted by atomic mass is 10.1. The molecule has 0 fully saturated rings. The Morgan fingerprint density at radius 1 is 1.33 bits per heavy atom. The van der Waals surface area contributed by atoms with Crippen molar-refractivity contribution in [3.8, 4) is 0 Å². The molecule has 6 heteroatoms. The van der Waals surface area contributed by atoms with Gasteiger partial charge in [-0.2, -0.15) is 0 Å². The average Bonchev–Trinajstić information content (AvgIpc) is 2.33. The van der Waals surface area contributed by atoms with Crippen molar-refractivity contribution in [2.24, 2.45) is 0 Å². The third-order valence-electron chi connectivity index (χ3n) is 2.24. The highest BCUT2D eigenvalue weighted by Crippen LogP contribution is 2.17. The smallest absolute Gasteiger partial charge is 0.253 e. The van der Waals surface area contributed by atoms with Gasteiger partial charge in [-0.3, -0.25) is 9.59 Å². The van der Waals surface area contributed by atoms with Gasteiger partial charge in [-0.25, -0.2) is 0 Å². The molecule has 98 valence electrons. The number of halogens is 1. The van der Waals surface area contributed by atoms with Gasteiger partial charge in [0.15, 0.2) is 0 Å². The minimum absolute atomic E-state index is 0.0686. The summed E-state index contributed by atoms with van der Waals surface area (Å²) in [7, 11) is 0. The second-order valence-electron chi connectivity index (χ2n) is 3.76. The van der Waals surface area contributed by atoms with Crippen LogP contribution < -0.4 is 16.4 Å². The van der Waals surface area contributed by atoms with E-state index in [9.17, 15) is 9.59 Å². The third kappa shape index (κ3) is 4.25. The van der Waals surface area contributed by atoms with Crippen molar-refractivity contribution in [2.45, 2.75) is 13.3 Å². The van der Waals surface area contributed by atoms with E-state index in [1.54, 1.807) is 6.07 Å². The van der Waals surface area contributed by atoms with Gasteiger partial charge in [0.1, 0.15) is 0 Å². The first-order valence-electron chi connectivity index (χ1n) is 5.64. The summed E-state index contributed by atoms with van der Waals surface area (Å²) in [5, 5.41) is 5.61. The van der Waals surface area contributed by atoms with Gasteiger partial charge in [0, 0.05) is 17.3 Å². The molecule has 0 aliphatic rings. The molecular formula is C12H16ClN3O2. The van der Waals surface area contributed by atoms with Crippen molar-refractivity contribution in [1.29, 1.82) is 0 Å². The van der Waals surface area contributed by atoms with Gasteiger partial charge in [-0.05, 0) is 24.6 Å². The lowest BCUT2D eigenvalue weighted by Crippen LogP contribution is -2.37. The highest BCUT2D eigenvalue weighted by atomic mass is 35.5. The summed E-state index contributed by atoms with van der Waals surface area (Å²) < 4.78 is 0. The van der Waals surface area contributed by atoms with E-state index < -0.39 is 5.91 Å². The molecule has 0 aromatic heterocycles. The number of benzene rings is 1. The summed E-state index contributed by atoms with van der Waals surface area (Å²) in [6, 6.07) is 4.59. The molecule has 0 aliphatic carbocycles. The Morgan fingerprint density at radius 3 is 2.67 bits per heavy atom. The number of rotatable bonds is 5. The Hall–Kier alpha value is -1.75. The topological polar surface area (TPSA) is 84.2 Å². The van der Waals surface area contributed by atoms with Gasteiger partial charge >= 0.3 is 0 Å². The fraction of sp³-hybridized carbons (Fsp3) is 0.333. The monoisotopic (exact) mass is 269 g/mol. The summed E-state index contributed by atoms with van der Waals surface area (Å²) in [5.41, 5.74) is 6.26. The van der Waals surface area contributed by atoms with Crippen LogP contribution in [-0.4, -0.2) is 24.9 Å². The van der Waals surface area contributed by atoms with Crippen LogP contribution in [0.15, 0.2) is 18.2 Å². The number of nitrogens with two attached hydrogens (primary N) is 1.